The number of oxazole rings is 1. The van der Waals surface area contributed by atoms with E-state index in [1.54, 1.807) is 6.26 Å². The maximum Gasteiger partial charge on any atom is 0.226 e. The lowest BCUT2D eigenvalue weighted by atomic mass is 9.99. The van der Waals surface area contributed by atoms with Crippen molar-refractivity contribution < 1.29 is 9.52 Å². The topological polar surface area (TPSA) is 49.5 Å². The Bertz CT molecular complexity index is 582. The molecule has 1 aliphatic heterocycles. The Kier molecular flexibility index (Phi) is 4.58. The fourth-order valence-corrected chi connectivity index (χ4v) is 2.90. The highest BCUT2D eigenvalue weighted by molar-refractivity contribution is 6.30. The van der Waals surface area contributed by atoms with Gasteiger partial charge in [0, 0.05) is 30.3 Å². The highest BCUT2D eigenvalue weighted by Gasteiger charge is 2.20. The summed E-state index contributed by atoms with van der Waals surface area (Å²) >= 11 is 5.88. The van der Waals surface area contributed by atoms with Crippen LogP contribution in [0.4, 0.5) is 0 Å². The largest absolute Gasteiger partial charge is 0.444 e. The van der Waals surface area contributed by atoms with Crippen molar-refractivity contribution >= 4 is 11.6 Å². The monoisotopic (exact) mass is 306 g/mol. The molecule has 112 valence electrons. The number of aliphatic hydroxyl groups excluding tert-OH is 1. The first-order valence-electron chi connectivity index (χ1n) is 7.28. The number of hydrogen-bond acceptors (Lipinski definition) is 4. The molecule has 2 aromatic rings. The van der Waals surface area contributed by atoms with Gasteiger partial charge in [0.15, 0.2) is 0 Å². The summed E-state index contributed by atoms with van der Waals surface area (Å²) in [4.78, 5) is 6.87. The van der Waals surface area contributed by atoms with Gasteiger partial charge in [-0.3, -0.25) is 4.90 Å². The van der Waals surface area contributed by atoms with Gasteiger partial charge in [0.25, 0.3) is 0 Å². The van der Waals surface area contributed by atoms with Crippen molar-refractivity contribution in [3.05, 3.63) is 41.2 Å². The molecule has 3 rings (SSSR count). The Hall–Kier alpha value is -1.36. The lowest BCUT2D eigenvalue weighted by molar-refractivity contribution is 0.115. The van der Waals surface area contributed by atoms with Crippen molar-refractivity contribution in [1.29, 1.82) is 0 Å². The standard InChI is InChI=1S/C16H19ClN2O2/c17-14-5-3-13(4-6-14)16-18-15(11-21-16)9-19-7-1-2-12(8-19)10-20/h3-6,11-12,20H,1-2,7-10H2. The molecule has 1 aromatic carbocycles. The second-order valence-electron chi connectivity index (χ2n) is 5.58. The predicted octanol–water partition coefficient (Wildman–Crippen LogP) is 3.20. The molecule has 21 heavy (non-hydrogen) atoms. The molecular formula is C16H19ClN2O2. The molecular weight excluding hydrogens is 288 g/mol. The van der Waals surface area contributed by atoms with Crippen LogP contribution in [0, 0.1) is 5.92 Å². The maximum absolute atomic E-state index is 9.28. The molecule has 0 saturated carbocycles. The van der Waals surface area contributed by atoms with E-state index >= 15 is 0 Å². The van der Waals surface area contributed by atoms with Crippen molar-refractivity contribution in [3.8, 4) is 11.5 Å². The van der Waals surface area contributed by atoms with Crippen molar-refractivity contribution in [3.63, 3.8) is 0 Å². The van der Waals surface area contributed by atoms with Crippen LogP contribution in [0.25, 0.3) is 11.5 Å². The second-order valence-corrected chi connectivity index (χ2v) is 6.01. The van der Waals surface area contributed by atoms with E-state index in [0.29, 0.717) is 16.8 Å². The summed E-state index contributed by atoms with van der Waals surface area (Å²) in [7, 11) is 0. The molecule has 1 N–H and O–H groups in total. The summed E-state index contributed by atoms with van der Waals surface area (Å²) in [5.41, 5.74) is 1.86. The fraction of sp³-hybridized carbons (Fsp3) is 0.438. The summed E-state index contributed by atoms with van der Waals surface area (Å²) in [6.45, 7) is 3.03. The first-order valence-corrected chi connectivity index (χ1v) is 7.66. The zero-order chi connectivity index (χ0) is 14.7. The molecule has 0 amide bonds. The van der Waals surface area contributed by atoms with Crippen molar-refractivity contribution in [2.45, 2.75) is 19.4 Å². The lowest BCUT2D eigenvalue weighted by Crippen LogP contribution is -2.36. The number of aromatic nitrogens is 1. The highest BCUT2D eigenvalue weighted by Crippen LogP contribution is 2.22. The van der Waals surface area contributed by atoms with Crippen LogP contribution in [0.15, 0.2) is 34.9 Å². The van der Waals surface area contributed by atoms with Crippen LogP contribution in [-0.4, -0.2) is 34.7 Å². The average Bonchev–Trinajstić information content (AvgIpc) is 2.96. The third-order valence-electron chi connectivity index (χ3n) is 3.89. The van der Waals surface area contributed by atoms with E-state index in [1.165, 1.54) is 0 Å². The third-order valence-corrected chi connectivity index (χ3v) is 4.14. The smallest absolute Gasteiger partial charge is 0.226 e. The van der Waals surface area contributed by atoms with Gasteiger partial charge < -0.3 is 9.52 Å². The minimum absolute atomic E-state index is 0.269. The second kappa shape index (κ2) is 6.60. The van der Waals surface area contributed by atoms with Crippen LogP contribution in [-0.2, 0) is 6.54 Å². The molecule has 0 radical (unpaired) electrons. The maximum atomic E-state index is 9.28. The lowest BCUT2D eigenvalue weighted by Gasteiger charge is -2.30. The van der Waals surface area contributed by atoms with Gasteiger partial charge in [0.1, 0.15) is 6.26 Å². The number of likely N-dealkylation sites (tertiary alicyclic amines) is 1. The van der Waals surface area contributed by atoms with Crippen LogP contribution in [0.1, 0.15) is 18.5 Å². The highest BCUT2D eigenvalue weighted by atomic mass is 35.5. The van der Waals surface area contributed by atoms with E-state index in [0.717, 1.165) is 43.7 Å². The van der Waals surface area contributed by atoms with Crippen LogP contribution < -0.4 is 0 Å². The molecule has 1 aliphatic rings. The van der Waals surface area contributed by atoms with Gasteiger partial charge in [0.2, 0.25) is 5.89 Å². The molecule has 1 aromatic heterocycles. The molecule has 1 fully saturated rings. The van der Waals surface area contributed by atoms with Crippen LogP contribution in [0.3, 0.4) is 0 Å². The van der Waals surface area contributed by atoms with Gasteiger partial charge >= 0.3 is 0 Å². The summed E-state index contributed by atoms with van der Waals surface area (Å²) < 4.78 is 5.56. The number of piperidine rings is 1. The van der Waals surface area contributed by atoms with E-state index < -0.39 is 0 Å². The number of aliphatic hydroxyl groups is 1. The molecule has 0 spiro atoms. The van der Waals surface area contributed by atoms with Gasteiger partial charge in [-0.15, -0.1) is 0 Å². The molecule has 4 nitrogen and oxygen atoms in total. The Morgan fingerprint density at radius 2 is 2.14 bits per heavy atom. The quantitative estimate of drug-likeness (QED) is 0.942. The molecule has 5 heteroatoms. The molecule has 1 saturated heterocycles. The van der Waals surface area contributed by atoms with Crippen LogP contribution >= 0.6 is 11.6 Å². The van der Waals surface area contributed by atoms with Crippen molar-refractivity contribution in [2.75, 3.05) is 19.7 Å². The fourth-order valence-electron chi connectivity index (χ4n) is 2.78. The zero-order valence-electron chi connectivity index (χ0n) is 11.8. The Morgan fingerprint density at radius 1 is 1.33 bits per heavy atom. The molecule has 0 aliphatic carbocycles. The summed E-state index contributed by atoms with van der Waals surface area (Å²) in [6, 6.07) is 7.47. The van der Waals surface area contributed by atoms with E-state index in [4.69, 9.17) is 16.0 Å². The average molecular weight is 307 g/mol. The van der Waals surface area contributed by atoms with E-state index in [-0.39, 0.29) is 6.61 Å². The number of hydrogen-bond donors (Lipinski definition) is 1. The first-order chi connectivity index (χ1) is 10.2. The zero-order valence-corrected chi connectivity index (χ0v) is 12.6. The van der Waals surface area contributed by atoms with Gasteiger partial charge in [-0.05, 0) is 49.6 Å². The Morgan fingerprint density at radius 3 is 2.90 bits per heavy atom. The number of rotatable bonds is 4. The van der Waals surface area contributed by atoms with Gasteiger partial charge in [-0.2, -0.15) is 0 Å². The van der Waals surface area contributed by atoms with E-state index in [2.05, 4.69) is 9.88 Å². The first kappa shape index (κ1) is 14.6. The predicted molar refractivity (Wildman–Crippen MR) is 82.0 cm³/mol. The molecule has 2 heterocycles. The van der Waals surface area contributed by atoms with Crippen LogP contribution in [0.2, 0.25) is 5.02 Å². The van der Waals surface area contributed by atoms with E-state index in [1.807, 2.05) is 24.3 Å². The summed E-state index contributed by atoms with van der Waals surface area (Å²) in [5.74, 6) is 1.01. The molecule has 1 atom stereocenters. The van der Waals surface area contributed by atoms with Crippen molar-refractivity contribution in [2.24, 2.45) is 5.92 Å². The molecule has 1 unspecified atom stereocenters. The number of benzene rings is 1. The SMILES string of the molecule is OCC1CCCN(Cc2coc(-c3ccc(Cl)cc3)n2)C1. The van der Waals surface area contributed by atoms with Gasteiger partial charge in [-0.25, -0.2) is 4.98 Å². The minimum Gasteiger partial charge on any atom is -0.444 e. The van der Waals surface area contributed by atoms with E-state index in [9.17, 15) is 5.11 Å². The third kappa shape index (κ3) is 3.64. The van der Waals surface area contributed by atoms with Crippen molar-refractivity contribution in [1.82, 2.24) is 9.88 Å². The number of halogens is 1. The minimum atomic E-state index is 0.269. The molecule has 0 bridgehead atoms. The Balaban J connectivity index is 1.66. The normalized spacial score (nSPS) is 19.8. The van der Waals surface area contributed by atoms with Gasteiger partial charge in [0.05, 0.1) is 5.69 Å². The Labute approximate surface area is 129 Å². The summed E-state index contributed by atoms with van der Waals surface area (Å²) in [5, 5.41) is 9.98. The van der Waals surface area contributed by atoms with Gasteiger partial charge in [-0.1, -0.05) is 11.6 Å². The summed E-state index contributed by atoms with van der Waals surface area (Å²) in [6.07, 6.45) is 3.96. The van der Waals surface area contributed by atoms with Crippen LogP contribution in [0.5, 0.6) is 0 Å². The number of nitrogens with zero attached hydrogens (tertiary/aromatic N) is 2.